The van der Waals surface area contributed by atoms with E-state index in [2.05, 4.69) is 4.98 Å². The van der Waals surface area contributed by atoms with Gasteiger partial charge in [-0.15, -0.1) is 0 Å². The van der Waals surface area contributed by atoms with E-state index in [1.807, 2.05) is 17.7 Å². The molecule has 0 amide bonds. The molecule has 1 aromatic carbocycles. The molecule has 2 aromatic rings. The molecule has 19 heavy (non-hydrogen) atoms. The summed E-state index contributed by atoms with van der Waals surface area (Å²) in [5.41, 5.74) is 5.92. The Morgan fingerprint density at radius 3 is 2.89 bits per heavy atom. The Kier molecular flexibility index (Phi) is 4.11. The van der Waals surface area contributed by atoms with Crippen molar-refractivity contribution in [1.82, 2.24) is 9.55 Å². The number of aromatic nitrogens is 2. The summed E-state index contributed by atoms with van der Waals surface area (Å²) in [6.07, 6.45) is 3.57. The van der Waals surface area contributed by atoms with Crippen molar-refractivity contribution < 1.29 is 9.13 Å². The number of ether oxygens (including phenoxy) is 1. The van der Waals surface area contributed by atoms with Crippen molar-refractivity contribution in [3.05, 3.63) is 47.8 Å². The van der Waals surface area contributed by atoms with E-state index in [1.54, 1.807) is 12.3 Å². The van der Waals surface area contributed by atoms with Crippen LogP contribution in [0.1, 0.15) is 11.4 Å². The molecule has 0 aliphatic carbocycles. The molecule has 4 nitrogen and oxygen atoms in total. The molecular weight excluding hydrogens is 265 g/mol. The molecule has 0 saturated carbocycles. The van der Waals surface area contributed by atoms with E-state index in [-0.39, 0.29) is 10.7 Å². The van der Waals surface area contributed by atoms with Gasteiger partial charge in [-0.1, -0.05) is 12.2 Å². The highest BCUT2D eigenvalue weighted by Gasteiger charge is 2.06. The van der Waals surface area contributed by atoms with Crippen LogP contribution in [0.15, 0.2) is 30.6 Å². The van der Waals surface area contributed by atoms with Crippen molar-refractivity contribution in [2.75, 3.05) is 6.61 Å². The Hall–Kier alpha value is -1.95. The van der Waals surface area contributed by atoms with Crippen molar-refractivity contribution in [3.63, 3.8) is 0 Å². The summed E-state index contributed by atoms with van der Waals surface area (Å²) in [4.78, 5) is 4.26. The highest BCUT2D eigenvalue weighted by Crippen LogP contribution is 2.18. The van der Waals surface area contributed by atoms with Crippen molar-refractivity contribution in [3.8, 4) is 5.75 Å². The van der Waals surface area contributed by atoms with Gasteiger partial charge in [0, 0.05) is 18.0 Å². The van der Waals surface area contributed by atoms with Crippen LogP contribution in [0.2, 0.25) is 0 Å². The molecule has 0 atom stereocenters. The number of nitrogens with two attached hydrogens (primary N) is 1. The SMILES string of the molecule is Cc1nccn1CCOc1ccc(C(N)=S)cc1F. The number of benzene rings is 1. The molecule has 6 heteroatoms. The highest BCUT2D eigenvalue weighted by atomic mass is 32.1. The summed E-state index contributed by atoms with van der Waals surface area (Å²) in [5, 5.41) is 0. The molecule has 0 aliphatic heterocycles. The number of thiocarbonyl (C=S) groups is 1. The van der Waals surface area contributed by atoms with Crippen molar-refractivity contribution in [1.29, 1.82) is 0 Å². The van der Waals surface area contributed by atoms with E-state index in [0.29, 0.717) is 18.7 Å². The Morgan fingerprint density at radius 1 is 1.53 bits per heavy atom. The highest BCUT2D eigenvalue weighted by molar-refractivity contribution is 7.80. The van der Waals surface area contributed by atoms with Crippen LogP contribution < -0.4 is 10.5 Å². The monoisotopic (exact) mass is 279 g/mol. The molecule has 0 unspecified atom stereocenters. The largest absolute Gasteiger partial charge is 0.489 e. The number of nitrogens with zero attached hydrogens (tertiary/aromatic N) is 2. The van der Waals surface area contributed by atoms with Gasteiger partial charge in [-0.05, 0) is 25.1 Å². The lowest BCUT2D eigenvalue weighted by atomic mass is 10.2. The second kappa shape index (κ2) is 5.79. The maximum absolute atomic E-state index is 13.7. The summed E-state index contributed by atoms with van der Waals surface area (Å²) < 4.78 is 21.0. The van der Waals surface area contributed by atoms with Gasteiger partial charge in [0.15, 0.2) is 11.6 Å². The Morgan fingerprint density at radius 2 is 2.32 bits per heavy atom. The van der Waals surface area contributed by atoms with E-state index >= 15 is 0 Å². The first-order valence-electron chi connectivity index (χ1n) is 5.78. The molecule has 0 saturated heterocycles. The first kappa shape index (κ1) is 13.5. The van der Waals surface area contributed by atoms with Gasteiger partial charge < -0.3 is 15.0 Å². The second-order valence-electron chi connectivity index (χ2n) is 4.03. The van der Waals surface area contributed by atoms with E-state index in [0.717, 1.165) is 5.82 Å². The standard InChI is InChI=1S/C13H14FN3OS/c1-9-16-4-5-17(9)6-7-18-12-3-2-10(13(15)19)8-11(12)14/h2-5,8H,6-7H2,1H3,(H2,15,19). The van der Waals surface area contributed by atoms with Crippen LogP contribution in [0.3, 0.4) is 0 Å². The zero-order valence-corrected chi connectivity index (χ0v) is 11.3. The van der Waals surface area contributed by atoms with E-state index in [4.69, 9.17) is 22.7 Å². The van der Waals surface area contributed by atoms with Crippen LogP contribution in [0.4, 0.5) is 4.39 Å². The van der Waals surface area contributed by atoms with Crippen LogP contribution in [0.25, 0.3) is 0 Å². The summed E-state index contributed by atoms with van der Waals surface area (Å²) in [7, 11) is 0. The van der Waals surface area contributed by atoms with Crippen LogP contribution in [-0.4, -0.2) is 21.1 Å². The van der Waals surface area contributed by atoms with Gasteiger partial charge in [0.2, 0.25) is 0 Å². The number of aryl methyl sites for hydroxylation is 1. The van der Waals surface area contributed by atoms with Gasteiger partial charge in [-0.2, -0.15) is 0 Å². The zero-order valence-electron chi connectivity index (χ0n) is 10.5. The normalized spacial score (nSPS) is 10.4. The molecular formula is C13H14FN3OS. The molecule has 2 rings (SSSR count). The van der Waals surface area contributed by atoms with Crippen LogP contribution in [0, 0.1) is 12.7 Å². The Bertz CT molecular complexity index is 597. The lowest BCUT2D eigenvalue weighted by Crippen LogP contribution is -2.11. The van der Waals surface area contributed by atoms with Gasteiger partial charge in [-0.25, -0.2) is 9.37 Å². The van der Waals surface area contributed by atoms with Crippen molar-refractivity contribution in [2.24, 2.45) is 5.73 Å². The van der Waals surface area contributed by atoms with Crippen molar-refractivity contribution >= 4 is 17.2 Å². The minimum atomic E-state index is -0.465. The minimum Gasteiger partial charge on any atom is -0.489 e. The molecule has 0 aliphatic rings. The smallest absolute Gasteiger partial charge is 0.165 e. The fourth-order valence-corrected chi connectivity index (χ4v) is 1.79. The maximum Gasteiger partial charge on any atom is 0.165 e. The molecule has 0 spiro atoms. The molecule has 0 radical (unpaired) electrons. The lowest BCUT2D eigenvalue weighted by molar-refractivity contribution is 0.283. The van der Waals surface area contributed by atoms with Gasteiger partial charge in [0.05, 0.1) is 6.54 Å². The van der Waals surface area contributed by atoms with Crippen molar-refractivity contribution in [2.45, 2.75) is 13.5 Å². The van der Waals surface area contributed by atoms with Crippen LogP contribution in [-0.2, 0) is 6.54 Å². The van der Waals surface area contributed by atoms with Gasteiger partial charge in [-0.3, -0.25) is 0 Å². The first-order valence-corrected chi connectivity index (χ1v) is 6.18. The molecule has 0 bridgehead atoms. The summed E-state index contributed by atoms with van der Waals surface area (Å²) >= 11 is 4.78. The summed E-state index contributed by atoms with van der Waals surface area (Å²) in [6.45, 7) is 2.88. The lowest BCUT2D eigenvalue weighted by Gasteiger charge is -2.09. The number of halogens is 1. The topological polar surface area (TPSA) is 53.1 Å². The third-order valence-electron chi connectivity index (χ3n) is 2.73. The van der Waals surface area contributed by atoms with Crippen LogP contribution in [0.5, 0.6) is 5.75 Å². The van der Waals surface area contributed by atoms with E-state index < -0.39 is 5.82 Å². The molecule has 0 fully saturated rings. The van der Waals surface area contributed by atoms with Crippen LogP contribution >= 0.6 is 12.2 Å². The number of imidazole rings is 1. The van der Waals surface area contributed by atoms with Gasteiger partial charge >= 0.3 is 0 Å². The van der Waals surface area contributed by atoms with E-state index in [9.17, 15) is 4.39 Å². The number of hydrogen-bond acceptors (Lipinski definition) is 3. The fourth-order valence-electron chi connectivity index (χ4n) is 1.67. The van der Waals surface area contributed by atoms with Gasteiger partial charge in [0.25, 0.3) is 0 Å². The third-order valence-corrected chi connectivity index (χ3v) is 2.97. The zero-order chi connectivity index (χ0) is 13.8. The molecule has 2 N–H and O–H groups in total. The molecule has 1 aromatic heterocycles. The number of hydrogen-bond donors (Lipinski definition) is 1. The predicted molar refractivity (Wildman–Crippen MR) is 74.7 cm³/mol. The molecule has 1 heterocycles. The molecule has 100 valence electrons. The van der Waals surface area contributed by atoms with Gasteiger partial charge in [0.1, 0.15) is 17.4 Å². The predicted octanol–water partition coefficient (Wildman–Crippen LogP) is 2.04. The second-order valence-corrected chi connectivity index (χ2v) is 4.47. The Balaban J connectivity index is 1.96. The maximum atomic E-state index is 13.7. The fraction of sp³-hybridized carbons (Fsp3) is 0.231. The summed E-state index contributed by atoms with van der Waals surface area (Å²) in [6, 6.07) is 4.45. The average molecular weight is 279 g/mol. The quantitative estimate of drug-likeness (QED) is 0.851. The Labute approximate surface area is 116 Å². The van der Waals surface area contributed by atoms with E-state index in [1.165, 1.54) is 12.1 Å². The average Bonchev–Trinajstić information content (AvgIpc) is 2.77. The third kappa shape index (κ3) is 3.29. The minimum absolute atomic E-state index is 0.166. The summed E-state index contributed by atoms with van der Waals surface area (Å²) in [5.74, 6) is 0.623. The first-order chi connectivity index (χ1) is 9.08. The number of rotatable bonds is 5.